The summed E-state index contributed by atoms with van der Waals surface area (Å²) in [5.74, 6) is 0.283. The third kappa shape index (κ3) is 8.84. The fraction of sp³-hybridized carbons (Fsp3) is 0.444. The molecule has 1 fully saturated rings. The molecule has 296 valence electrons. The van der Waals surface area contributed by atoms with E-state index in [2.05, 4.69) is 42.1 Å². The fourth-order valence-electron chi connectivity index (χ4n) is 8.80. The van der Waals surface area contributed by atoms with Crippen molar-refractivity contribution in [2.75, 3.05) is 46.3 Å². The number of nitrogens with zero attached hydrogens (tertiary/aromatic N) is 3. The topological polar surface area (TPSA) is 134 Å². The minimum atomic E-state index is -1.35. The number of carbonyl (C=O) groups is 1. The van der Waals surface area contributed by atoms with Gasteiger partial charge >= 0.3 is 0 Å². The van der Waals surface area contributed by atoms with Gasteiger partial charge in [0.1, 0.15) is 24.7 Å². The molecule has 2 aliphatic carbocycles. The highest BCUT2D eigenvalue weighted by molar-refractivity contribution is 7.99. The third-order valence-electron chi connectivity index (χ3n) is 11.3. The maximum Gasteiger partial charge on any atom is 0.254 e. The van der Waals surface area contributed by atoms with Crippen LogP contribution in [0.3, 0.4) is 0 Å². The Bertz CT molecular complexity index is 1900. The third-order valence-corrected chi connectivity index (χ3v) is 12.2. The van der Waals surface area contributed by atoms with Crippen LogP contribution in [0.4, 0.5) is 0 Å². The summed E-state index contributed by atoms with van der Waals surface area (Å²) in [6, 6.07) is 24.4. The van der Waals surface area contributed by atoms with E-state index >= 15 is 0 Å². The van der Waals surface area contributed by atoms with E-state index in [-0.39, 0.29) is 43.5 Å². The van der Waals surface area contributed by atoms with Crippen LogP contribution in [0.15, 0.2) is 107 Å². The van der Waals surface area contributed by atoms with E-state index in [0.717, 1.165) is 54.0 Å². The largest absolute Gasteiger partial charge is 0.493 e. The molecule has 2 N–H and O–H groups in total. The molecule has 1 heterocycles. The Balaban J connectivity index is 1.47. The molecule has 0 aromatic heterocycles. The molecule has 3 aliphatic rings. The van der Waals surface area contributed by atoms with Gasteiger partial charge in [0.25, 0.3) is 5.91 Å². The molecule has 0 spiro atoms. The first-order valence-corrected chi connectivity index (χ1v) is 20.6. The second-order valence-electron chi connectivity index (χ2n) is 14.6. The zero-order valence-corrected chi connectivity index (χ0v) is 33.2. The summed E-state index contributed by atoms with van der Waals surface area (Å²) in [7, 11) is 3.30. The number of fused-ring (bicyclic) bond motifs is 2. The van der Waals surface area contributed by atoms with Gasteiger partial charge in [0.2, 0.25) is 5.79 Å². The van der Waals surface area contributed by atoms with E-state index < -0.39 is 17.7 Å². The van der Waals surface area contributed by atoms with Crippen LogP contribution in [-0.4, -0.2) is 84.9 Å². The van der Waals surface area contributed by atoms with E-state index in [1.54, 1.807) is 54.1 Å². The number of hydrogen-bond acceptors (Lipinski definition) is 10. The van der Waals surface area contributed by atoms with Crippen LogP contribution in [0.5, 0.6) is 11.5 Å². The number of nitriles is 1. The highest BCUT2D eigenvalue weighted by atomic mass is 32.2. The number of carbonyl (C=O) groups excluding carboxylic acids is 1. The standard InChI is InChI=1S/C45H53N3O7S/c1-4-24-54-45-41(48(2)44(51)32-18-16-31(30-46)17-19-32)29-39(47-52-3)37-27-33(12-8-10-22-49)36(15-9-11-23-50)42(43(37)45)38-28-34(20-21-40(38)55-45)53-25-26-56-35-13-6-5-7-14-35/h4-7,13-14,16-21,27-28,33,36,41-43,49-50H,1,8-12,15,22-26,29H2,2-3H3/t33-,36+,41-,42+,43+,45+/m0/s1. The highest BCUT2D eigenvalue weighted by Gasteiger charge is 2.65. The van der Waals surface area contributed by atoms with E-state index in [4.69, 9.17) is 19.0 Å². The number of likely N-dealkylation sites (N-methyl/N-ethyl adjacent to an activating group) is 1. The molecule has 3 aromatic rings. The van der Waals surface area contributed by atoms with Gasteiger partial charge in [-0.2, -0.15) is 5.26 Å². The van der Waals surface area contributed by atoms with Gasteiger partial charge in [-0.1, -0.05) is 48.3 Å². The van der Waals surface area contributed by atoms with Crippen LogP contribution in [-0.2, 0) is 9.57 Å². The van der Waals surface area contributed by atoms with Gasteiger partial charge in [0.15, 0.2) is 0 Å². The first-order chi connectivity index (χ1) is 27.4. The van der Waals surface area contributed by atoms with Crippen molar-refractivity contribution in [3.63, 3.8) is 0 Å². The SMILES string of the molecule is C=CCO[C@@]12Oc3ccc(OCCSc4ccccc4)cc3[C@H]3[C@H](CCCCO)[C@@H](CCCCO)C=C(C(=NOC)C[C@@H]1N(C)C(=O)c1ccc(C#N)cc1)[C@H]32. The van der Waals surface area contributed by atoms with E-state index in [0.29, 0.717) is 42.7 Å². The quantitative estimate of drug-likeness (QED) is 0.0542. The molecule has 11 heteroatoms. The molecule has 6 rings (SSSR count). The van der Waals surface area contributed by atoms with Gasteiger partial charge in [-0.05, 0) is 97.7 Å². The van der Waals surface area contributed by atoms with Crippen molar-refractivity contribution in [2.24, 2.45) is 22.9 Å². The minimum absolute atomic E-state index is 0.106. The van der Waals surface area contributed by atoms with E-state index in [1.165, 1.54) is 12.0 Å². The number of thioether (sulfide) groups is 1. The Morgan fingerprint density at radius 2 is 1.82 bits per heavy atom. The number of amides is 1. The maximum atomic E-state index is 14.4. The molecule has 0 bridgehead atoms. The number of aliphatic hydroxyl groups is 2. The van der Waals surface area contributed by atoms with E-state index in [1.807, 2.05) is 30.3 Å². The molecule has 1 aliphatic heterocycles. The summed E-state index contributed by atoms with van der Waals surface area (Å²) in [6.45, 7) is 4.91. The first kappa shape index (κ1) is 41.0. The maximum absolute atomic E-state index is 14.4. The molecule has 0 unspecified atom stereocenters. The number of ether oxygens (including phenoxy) is 3. The predicted molar refractivity (Wildman–Crippen MR) is 218 cm³/mol. The van der Waals surface area contributed by atoms with Crippen LogP contribution in [0, 0.1) is 29.1 Å². The molecular weight excluding hydrogens is 727 g/mol. The van der Waals surface area contributed by atoms with Crippen molar-refractivity contribution < 1.29 is 34.1 Å². The summed E-state index contributed by atoms with van der Waals surface area (Å²) in [6.07, 6.45) is 9.08. The number of unbranched alkanes of at least 4 members (excludes halogenated alkanes) is 2. The molecule has 1 amide bonds. The van der Waals surface area contributed by atoms with Crippen molar-refractivity contribution in [3.8, 4) is 17.6 Å². The molecule has 6 atom stereocenters. The lowest BCUT2D eigenvalue weighted by Crippen LogP contribution is -2.69. The van der Waals surface area contributed by atoms with Crippen LogP contribution >= 0.6 is 11.8 Å². The van der Waals surface area contributed by atoms with Crippen molar-refractivity contribution in [1.82, 2.24) is 4.90 Å². The first-order valence-electron chi connectivity index (χ1n) is 19.6. The number of hydrogen-bond donors (Lipinski definition) is 2. The average Bonchev–Trinajstić information content (AvgIpc) is 3.23. The normalized spacial score (nSPS) is 24.2. The van der Waals surface area contributed by atoms with E-state index in [9.17, 15) is 20.3 Å². The summed E-state index contributed by atoms with van der Waals surface area (Å²) in [4.78, 5) is 22.7. The molecule has 0 saturated heterocycles. The van der Waals surface area contributed by atoms with Gasteiger partial charge in [0.05, 0.1) is 36.5 Å². The van der Waals surface area contributed by atoms with Gasteiger partial charge in [-0.3, -0.25) is 4.79 Å². The van der Waals surface area contributed by atoms with Crippen molar-refractivity contribution in [1.29, 1.82) is 5.26 Å². The highest BCUT2D eigenvalue weighted by Crippen LogP contribution is 2.61. The van der Waals surface area contributed by atoms with Crippen LogP contribution in [0.2, 0.25) is 0 Å². The Labute approximate surface area is 334 Å². The fourth-order valence-corrected chi connectivity index (χ4v) is 9.55. The van der Waals surface area contributed by atoms with Gasteiger partial charge < -0.3 is 34.2 Å². The van der Waals surface area contributed by atoms with Crippen molar-refractivity contribution >= 4 is 23.4 Å². The molecule has 3 aromatic carbocycles. The van der Waals surface area contributed by atoms with Gasteiger partial charge in [-0.15, -0.1) is 18.3 Å². The summed E-state index contributed by atoms with van der Waals surface area (Å²) < 4.78 is 20.6. The lowest BCUT2D eigenvalue weighted by molar-refractivity contribution is -0.252. The number of rotatable bonds is 19. The van der Waals surface area contributed by atoms with Crippen LogP contribution in [0.25, 0.3) is 0 Å². The Hall–Kier alpha value is -4.60. The molecule has 0 radical (unpaired) electrons. The zero-order chi connectivity index (χ0) is 39.5. The molecular formula is C45H53N3O7S. The van der Waals surface area contributed by atoms with Crippen molar-refractivity contribution in [2.45, 2.75) is 67.6 Å². The smallest absolute Gasteiger partial charge is 0.254 e. The molecule has 56 heavy (non-hydrogen) atoms. The monoisotopic (exact) mass is 779 g/mol. The van der Waals surface area contributed by atoms with Gasteiger partial charge in [0, 0.05) is 54.4 Å². The van der Waals surface area contributed by atoms with Crippen LogP contribution < -0.4 is 9.47 Å². The zero-order valence-electron chi connectivity index (χ0n) is 32.3. The minimum Gasteiger partial charge on any atom is -0.493 e. The second kappa shape index (κ2) is 19.5. The predicted octanol–water partition coefficient (Wildman–Crippen LogP) is 7.76. The Kier molecular flexibility index (Phi) is 14.3. The number of aliphatic hydroxyl groups excluding tert-OH is 2. The molecule has 10 nitrogen and oxygen atoms in total. The molecule has 1 saturated carbocycles. The lowest BCUT2D eigenvalue weighted by atomic mass is 9.55. The lowest BCUT2D eigenvalue weighted by Gasteiger charge is -2.59. The summed E-state index contributed by atoms with van der Waals surface area (Å²) in [5, 5.41) is 33.7. The van der Waals surface area contributed by atoms with Gasteiger partial charge in [-0.25, -0.2) is 0 Å². The summed E-state index contributed by atoms with van der Waals surface area (Å²) >= 11 is 1.74. The van der Waals surface area contributed by atoms with Crippen LogP contribution in [0.1, 0.15) is 72.3 Å². The second-order valence-corrected chi connectivity index (χ2v) is 15.7. The average molecular weight is 780 g/mol. The Morgan fingerprint density at radius 3 is 2.52 bits per heavy atom. The number of benzene rings is 3. The summed E-state index contributed by atoms with van der Waals surface area (Å²) in [5.41, 5.74) is 3.61. The Morgan fingerprint density at radius 1 is 1.07 bits per heavy atom. The number of oxime groups is 1. The van der Waals surface area contributed by atoms with Crippen molar-refractivity contribution in [3.05, 3.63) is 114 Å². The number of allylic oxidation sites excluding steroid dienone is 1.